The summed E-state index contributed by atoms with van der Waals surface area (Å²) in [6, 6.07) is 1.91. The summed E-state index contributed by atoms with van der Waals surface area (Å²) in [7, 11) is 0. The lowest BCUT2D eigenvalue weighted by Crippen LogP contribution is -2.55. The van der Waals surface area contributed by atoms with Crippen LogP contribution in [-0.4, -0.2) is 46.8 Å². The number of carbonyl (C=O) groups is 1. The van der Waals surface area contributed by atoms with Gasteiger partial charge in [0.25, 0.3) is 5.91 Å². The van der Waals surface area contributed by atoms with Crippen molar-refractivity contribution < 1.29 is 4.79 Å². The van der Waals surface area contributed by atoms with Crippen LogP contribution in [0.5, 0.6) is 0 Å². The smallest absolute Gasteiger partial charge is 0.250 e. The average molecular weight is 327 g/mol. The number of halogens is 1. The number of aromatic nitrogens is 2. The summed E-state index contributed by atoms with van der Waals surface area (Å²) >= 11 is 0. The van der Waals surface area contributed by atoms with Crippen LogP contribution in [0.3, 0.4) is 0 Å². The summed E-state index contributed by atoms with van der Waals surface area (Å²) in [5, 5.41) is 7.76. The summed E-state index contributed by atoms with van der Waals surface area (Å²) in [6.45, 7) is 8.09. The molecule has 2 aliphatic rings. The van der Waals surface area contributed by atoms with Crippen molar-refractivity contribution in [3.05, 3.63) is 18.5 Å². The molecule has 5 nitrogen and oxygen atoms in total. The highest BCUT2D eigenvalue weighted by molar-refractivity contribution is 5.85. The second kappa shape index (κ2) is 7.01. The first-order chi connectivity index (χ1) is 10.1. The fourth-order valence-corrected chi connectivity index (χ4v) is 3.71. The third-order valence-electron chi connectivity index (χ3n) is 5.23. The van der Waals surface area contributed by atoms with Crippen molar-refractivity contribution in [2.24, 2.45) is 11.8 Å². The van der Waals surface area contributed by atoms with Crippen molar-refractivity contribution in [2.45, 2.75) is 38.6 Å². The molecule has 22 heavy (non-hydrogen) atoms. The number of likely N-dealkylation sites (tertiary alicyclic amines) is 1. The Labute approximate surface area is 138 Å². The van der Waals surface area contributed by atoms with Gasteiger partial charge in [-0.1, -0.05) is 13.8 Å². The summed E-state index contributed by atoms with van der Waals surface area (Å²) in [6.07, 6.45) is 6.51. The van der Waals surface area contributed by atoms with E-state index in [1.807, 2.05) is 16.9 Å². The standard InChI is InChI=1S/C16H26N4O.ClH/c1-13(2)14-4-11-19(12-14)15(21)16(5-8-17-9-6-16)20-10-3-7-18-20;/h3,7,10,13-14,17H,4-6,8-9,11-12H2,1-2H3;1H. The van der Waals surface area contributed by atoms with Gasteiger partial charge >= 0.3 is 0 Å². The molecule has 1 atom stereocenters. The van der Waals surface area contributed by atoms with E-state index in [-0.39, 0.29) is 18.3 Å². The van der Waals surface area contributed by atoms with Crippen molar-refractivity contribution in [2.75, 3.05) is 26.2 Å². The fourth-order valence-electron chi connectivity index (χ4n) is 3.71. The van der Waals surface area contributed by atoms with E-state index in [9.17, 15) is 4.79 Å². The number of amides is 1. The van der Waals surface area contributed by atoms with Crippen molar-refractivity contribution >= 4 is 18.3 Å². The summed E-state index contributed by atoms with van der Waals surface area (Å²) in [4.78, 5) is 15.3. The molecule has 0 saturated carbocycles. The molecule has 1 aromatic heterocycles. The molecule has 0 bridgehead atoms. The molecule has 3 heterocycles. The molecule has 1 aromatic rings. The molecule has 1 unspecified atom stereocenters. The second-order valence-electron chi connectivity index (χ2n) is 6.78. The van der Waals surface area contributed by atoms with E-state index >= 15 is 0 Å². The Hall–Kier alpha value is -1.07. The number of rotatable bonds is 3. The monoisotopic (exact) mass is 326 g/mol. The van der Waals surface area contributed by atoms with Crippen molar-refractivity contribution in [1.29, 1.82) is 0 Å². The Bertz CT molecular complexity index is 482. The maximum atomic E-state index is 13.2. The quantitative estimate of drug-likeness (QED) is 0.923. The Morgan fingerprint density at radius 1 is 1.36 bits per heavy atom. The number of nitrogens with zero attached hydrogens (tertiary/aromatic N) is 3. The Kier molecular flexibility index (Phi) is 5.50. The van der Waals surface area contributed by atoms with Gasteiger partial charge in [0.05, 0.1) is 0 Å². The lowest BCUT2D eigenvalue weighted by Gasteiger charge is -2.39. The van der Waals surface area contributed by atoms with Gasteiger partial charge in [-0.2, -0.15) is 5.10 Å². The van der Waals surface area contributed by atoms with E-state index in [1.165, 1.54) is 0 Å². The van der Waals surface area contributed by atoms with E-state index in [1.54, 1.807) is 6.20 Å². The lowest BCUT2D eigenvalue weighted by atomic mass is 9.86. The molecule has 2 fully saturated rings. The van der Waals surface area contributed by atoms with Gasteiger partial charge in [-0.3, -0.25) is 9.48 Å². The van der Waals surface area contributed by atoms with Crippen LogP contribution >= 0.6 is 12.4 Å². The molecular weight excluding hydrogens is 300 g/mol. The van der Waals surface area contributed by atoms with E-state index in [4.69, 9.17) is 0 Å². The zero-order valence-electron chi connectivity index (χ0n) is 13.5. The van der Waals surface area contributed by atoms with Crippen LogP contribution in [0.4, 0.5) is 0 Å². The molecule has 1 N–H and O–H groups in total. The first kappa shape index (κ1) is 17.3. The second-order valence-corrected chi connectivity index (χ2v) is 6.78. The molecule has 6 heteroatoms. The van der Waals surface area contributed by atoms with E-state index in [0.29, 0.717) is 11.8 Å². The van der Waals surface area contributed by atoms with Gasteiger partial charge in [-0.25, -0.2) is 0 Å². The Balaban J connectivity index is 0.00000176. The Morgan fingerprint density at radius 2 is 2.09 bits per heavy atom. The minimum Gasteiger partial charge on any atom is -0.340 e. The SMILES string of the molecule is CC(C)C1CCN(C(=O)C2(n3cccn3)CCNCC2)C1.Cl. The number of hydrogen-bond acceptors (Lipinski definition) is 3. The lowest BCUT2D eigenvalue weighted by molar-refractivity contribution is -0.142. The van der Waals surface area contributed by atoms with E-state index < -0.39 is 5.54 Å². The van der Waals surface area contributed by atoms with Gasteiger partial charge in [0.15, 0.2) is 0 Å². The van der Waals surface area contributed by atoms with Crippen molar-refractivity contribution in [1.82, 2.24) is 20.0 Å². The predicted molar refractivity (Wildman–Crippen MR) is 89.1 cm³/mol. The molecule has 124 valence electrons. The molecule has 1 amide bonds. The number of hydrogen-bond donors (Lipinski definition) is 1. The zero-order valence-corrected chi connectivity index (χ0v) is 14.3. The van der Waals surface area contributed by atoms with Crippen molar-refractivity contribution in [3.63, 3.8) is 0 Å². The summed E-state index contributed by atoms with van der Waals surface area (Å²) in [5.41, 5.74) is -0.472. The van der Waals surface area contributed by atoms with Crippen molar-refractivity contribution in [3.8, 4) is 0 Å². The first-order valence-electron chi connectivity index (χ1n) is 8.14. The maximum absolute atomic E-state index is 13.2. The topological polar surface area (TPSA) is 50.2 Å². The highest BCUT2D eigenvalue weighted by atomic mass is 35.5. The van der Waals surface area contributed by atoms with E-state index in [0.717, 1.165) is 45.4 Å². The molecule has 0 aliphatic carbocycles. The molecule has 3 rings (SSSR count). The van der Waals surface area contributed by atoms with Crippen LogP contribution in [0, 0.1) is 11.8 Å². The zero-order chi connectivity index (χ0) is 14.9. The van der Waals surface area contributed by atoms with Crippen LogP contribution in [0.15, 0.2) is 18.5 Å². The van der Waals surface area contributed by atoms with Gasteiger partial charge < -0.3 is 10.2 Å². The van der Waals surface area contributed by atoms with Crippen LogP contribution in [0.25, 0.3) is 0 Å². The number of piperidine rings is 1. The molecule has 0 spiro atoms. The summed E-state index contributed by atoms with van der Waals surface area (Å²) < 4.78 is 1.90. The molecule has 0 aromatic carbocycles. The predicted octanol–water partition coefficient (Wildman–Crippen LogP) is 1.89. The normalized spacial score (nSPS) is 24.3. The van der Waals surface area contributed by atoms with Gasteiger partial charge in [0.2, 0.25) is 0 Å². The van der Waals surface area contributed by atoms with Gasteiger partial charge in [-0.05, 0) is 50.3 Å². The third kappa shape index (κ3) is 3.01. The van der Waals surface area contributed by atoms with Gasteiger partial charge in [0, 0.05) is 25.5 Å². The van der Waals surface area contributed by atoms with Crippen LogP contribution in [-0.2, 0) is 10.3 Å². The number of carbonyl (C=O) groups excluding carboxylic acids is 1. The molecule has 2 aliphatic heterocycles. The minimum absolute atomic E-state index is 0. The maximum Gasteiger partial charge on any atom is 0.250 e. The van der Waals surface area contributed by atoms with Crippen LogP contribution < -0.4 is 5.32 Å². The van der Waals surface area contributed by atoms with Crippen LogP contribution in [0.2, 0.25) is 0 Å². The van der Waals surface area contributed by atoms with E-state index in [2.05, 4.69) is 29.2 Å². The van der Waals surface area contributed by atoms with Gasteiger partial charge in [-0.15, -0.1) is 12.4 Å². The minimum atomic E-state index is -0.472. The average Bonchev–Trinajstić information content (AvgIpc) is 3.18. The molecule has 0 radical (unpaired) electrons. The summed E-state index contributed by atoms with van der Waals surface area (Å²) in [5.74, 6) is 1.57. The highest BCUT2D eigenvalue weighted by Crippen LogP contribution is 2.33. The van der Waals surface area contributed by atoms with Crippen LogP contribution in [0.1, 0.15) is 33.1 Å². The Morgan fingerprint density at radius 3 is 2.64 bits per heavy atom. The largest absolute Gasteiger partial charge is 0.340 e. The van der Waals surface area contributed by atoms with Gasteiger partial charge in [0.1, 0.15) is 5.54 Å². The molecular formula is C16H27ClN4O. The first-order valence-corrected chi connectivity index (χ1v) is 8.14. The number of nitrogens with one attached hydrogen (secondary N) is 1. The molecule has 2 saturated heterocycles. The third-order valence-corrected chi connectivity index (χ3v) is 5.23. The highest BCUT2D eigenvalue weighted by Gasteiger charge is 2.45. The fraction of sp³-hybridized carbons (Fsp3) is 0.750.